The molecule has 13 nitrogen and oxygen atoms in total. The van der Waals surface area contributed by atoms with Crippen LogP contribution in [0.15, 0.2) is 6.07 Å². The highest BCUT2D eigenvalue weighted by Crippen LogP contribution is 2.34. The van der Waals surface area contributed by atoms with Crippen LogP contribution < -0.4 is 9.47 Å². The molecule has 13 heteroatoms. The zero-order valence-corrected chi connectivity index (χ0v) is 18.3. The first-order valence-electron chi connectivity index (χ1n) is 11.2. The summed E-state index contributed by atoms with van der Waals surface area (Å²) in [7, 11) is 0. The van der Waals surface area contributed by atoms with Gasteiger partial charge in [0.1, 0.15) is 48.8 Å². The summed E-state index contributed by atoms with van der Waals surface area (Å²) >= 11 is 0. The third kappa shape index (κ3) is 4.86. The number of aliphatic hydroxyl groups is 8. The monoisotopic (exact) mass is 489 g/mol. The van der Waals surface area contributed by atoms with E-state index in [1.54, 1.807) is 6.07 Å². The van der Waals surface area contributed by atoms with Gasteiger partial charge in [0.15, 0.2) is 0 Å². The molecule has 0 bridgehead atoms. The maximum absolute atomic E-state index is 10.3. The molecule has 192 valence electrons. The number of aromatic nitrogens is 1. The number of hydrogen-bond acceptors (Lipinski definition) is 13. The Labute approximate surface area is 194 Å². The van der Waals surface area contributed by atoms with E-state index in [4.69, 9.17) is 18.9 Å². The molecule has 1 aliphatic carbocycles. The summed E-state index contributed by atoms with van der Waals surface area (Å²) in [5.74, 6) is -0.0225. The van der Waals surface area contributed by atoms with Crippen molar-refractivity contribution in [3.8, 4) is 11.8 Å². The SMILES string of the molecule is OCC1O[C@@H](Oc2nc(O[C@@H]3OC(CO)[C@H](O)C(O)C3O)cc3c2CCCC3)C(O)C(O)[C@@H]1O. The molecule has 1 aromatic rings. The molecule has 2 fully saturated rings. The van der Waals surface area contributed by atoms with Crippen molar-refractivity contribution >= 4 is 0 Å². The van der Waals surface area contributed by atoms with Crippen molar-refractivity contribution in [1.82, 2.24) is 4.98 Å². The van der Waals surface area contributed by atoms with Crippen LogP contribution in [0.5, 0.6) is 11.8 Å². The average molecular weight is 489 g/mol. The lowest BCUT2D eigenvalue weighted by Crippen LogP contribution is -2.60. The molecule has 2 saturated heterocycles. The van der Waals surface area contributed by atoms with Gasteiger partial charge in [0, 0.05) is 11.6 Å². The molecule has 10 atom stereocenters. The Morgan fingerprint density at radius 3 is 1.82 bits per heavy atom. The molecular weight excluding hydrogens is 458 g/mol. The molecule has 3 aliphatic rings. The minimum atomic E-state index is -1.63. The number of hydrogen-bond donors (Lipinski definition) is 8. The molecule has 3 heterocycles. The summed E-state index contributed by atoms with van der Waals surface area (Å²) in [6, 6.07) is 1.62. The van der Waals surface area contributed by atoms with Gasteiger partial charge in [-0.3, -0.25) is 0 Å². The molecule has 8 N–H and O–H groups in total. The number of aryl methyl sites for hydroxylation is 1. The maximum Gasteiger partial charge on any atom is 0.231 e. The standard InChI is InChI=1S/C21H31NO12/c23-6-10-13(25)15(27)17(29)20(31-10)33-12-5-8-3-1-2-4-9(8)19(22-12)34-21-18(30)16(28)14(26)11(7-24)32-21/h5,10-11,13-18,20-21,23-30H,1-4,6-7H2/t10?,11?,13-,14+,15?,16?,17?,18?,20-,21-/m0/s1. The van der Waals surface area contributed by atoms with Crippen molar-refractivity contribution < 1.29 is 59.8 Å². The van der Waals surface area contributed by atoms with Crippen molar-refractivity contribution in [3.63, 3.8) is 0 Å². The fourth-order valence-corrected chi connectivity index (χ4v) is 4.40. The van der Waals surface area contributed by atoms with Gasteiger partial charge in [0.25, 0.3) is 0 Å². The summed E-state index contributed by atoms with van der Waals surface area (Å²) in [6.07, 6.45) is -11.8. The van der Waals surface area contributed by atoms with Crippen LogP contribution in [0, 0.1) is 0 Å². The van der Waals surface area contributed by atoms with E-state index in [0.29, 0.717) is 12.8 Å². The van der Waals surface area contributed by atoms with E-state index in [-0.39, 0.29) is 11.8 Å². The van der Waals surface area contributed by atoms with Gasteiger partial charge >= 0.3 is 0 Å². The minimum Gasteiger partial charge on any atom is -0.445 e. The van der Waals surface area contributed by atoms with Gasteiger partial charge in [0.2, 0.25) is 24.3 Å². The summed E-state index contributed by atoms with van der Waals surface area (Å²) in [5, 5.41) is 79.4. The molecule has 34 heavy (non-hydrogen) atoms. The predicted molar refractivity (Wildman–Crippen MR) is 110 cm³/mol. The zero-order chi connectivity index (χ0) is 24.6. The zero-order valence-electron chi connectivity index (χ0n) is 18.3. The van der Waals surface area contributed by atoms with Crippen LogP contribution in [0.4, 0.5) is 0 Å². The lowest BCUT2D eigenvalue weighted by Gasteiger charge is -2.40. The highest BCUT2D eigenvalue weighted by molar-refractivity contribution is 5.40. The summed E-state index contributed by atoms with van der Waals surface area (Å²) in [5.41, 5.74) is 1.55. The summed E-state index contributed by atoms with van der Waals surface area (Å²) < 4.78 is 22.2. The minimum absolute atomic E-state index is 0.0288. The average Bonchev–Trinajstić information content (AvgIpc) is 2.84. The van der Waals surface area contributed by atoms with E-state index in [9.17, 15) is 40.9 Å². The van der Waals surface area contributed by atoms with E-state index in [2.05, 4.69) is 4.98 Å². The first-order chi connectivity index (χ1) is 16.2. The van der Waals surface area contributed by atoms with Gasteiger partial charge in [-0.25, -0.2) is 0 Å². The normalized spacial score (nSPS) is 40.5. The lowest BCUT2D eigenvalue weighted by molar-refractivity contribution is -0.280. The van der Waals surface area contributed by atoms with Crippen LogP contribution >= 0.6 is 0 Å². The molecule has 6 unspecified atom stereocenters. The largest absolute Gasteiger partial charge is 0.445 e. The topological polar surface area (TPSA) is 212 Å². The van der Waals surface area contributed by atoms with Crippen LogP contribution in [0.3, 0.4) is 0 Å². The Balaban J connectivity index is 1.59. The fraction of sp³-hybridized carbons (Fsp3) is 0.762. The summed E-state index contributed by atoms with van der Waals surface area (Å²) in [6.45, 7) is -1.23. The Kier molecular flexibility index (Phi) is 7.89. The molecule has 2 aliphatic heterocycles. The Morgan fingerprint density at radius 2 is 1.26 bits per heavy atom. The smallest absolute Gasteiger partial charge is 0.231 e. The predicted octanol–water partition coefficient (Wildman–Crippen LogP) is -3.68. The van der Waals surface area contributed by atoms with E-state index in [1.165, 1.54) is 0 Å². The number of fused-ring (bicyclic) bond motifs is 1. The van der Waals surface area contributed by atoms with Crippen LogP contribution in [-0.2, 0) is 22.3 Å². The van der Waals surface area contributed by atoms with E-state index in [0.717, 1.165) is 24.0 Å². The fourth-order valence-electron chi connectivity index (χ4n) is 4.40. The van der Waals surface area contributed by atoms with Crippen molar-refractivity contribution in [1.29, 1.82) is 0 Å². The Bertz CT molecular complexity index is 838. The Hall–Kier alpha value is -1.65. The van der Waals surface area contributed by atoms with Crippen LogP contribution in [0.2, 0.25) is 0 Å². The van der Waals surface area contributed by atoms with Crippen molar-refractivity contribution in [2.75, 3.05) is 13.2 Å². The van der Waals surface area contributed by atoms with Gasteiger partial charge in [-0.05, 0) is 31.2 Å². The molecule has 0 radical (unpaired) electrons. The van der Waals surface area contributed by atoms with E-state index < -0.39 is 74.6 Å². The molecular formula is C21H31NO12. The van der Waals surface area contributed by atoms with Crippen molar-refractivity contribution in [3.05, 3.63) is 17.2 Å². The maximum atomic E-state index is 10.3. The molecule has 0 saturated carbocycles. The highest BCUT2D eigenvalue weighted by Gasteiger charge is 2.46. The third-order valence-corrected chi connectivity index (χ3v) is 6.44. The number of ether oxygens (including phenoxy) is 4. The quantitative estimate of drug-likeness (QED) is 0.194. The number of pyridine rings is 1. The molecule has 4 rings (SSSR count). The van der Waals surface area contributed by atoms with Crippen LogP contribution in [-0.4, -0.2) is 120 Å². The second-order valence-electron chi connectivity index (χ2n) is 8.74. The lowest BCUT2D eigenvalue weighted by atomic mass is 9.93. The van der Waals surface area contributed by atoms with E-state index >= 15 is 0 Å². The number of nitrogens with zero attached hydrogens (tertiary/aromatic N) is 1. The molecule has 0 amide bonds. The van der Waals surface area contributed by atoms with Crippen molar-refractivity contribution in [2.24, 2.45) is 0 Å². The van der Waals surface area contributed by atoms with Gasteiger partial charge < -0.3 is 59.8 Å². The molecule has 0 spiro atoms. The van der Waals surface area contributed by atoms with Crippen LogP contribution in [0.1, 0.15) is 24.0 Å². The molecule has 1 aromatic heterocycles. The molecule has 0 aromatic carbocycles. The second-order valence-corrected chi connectivity index (χ2v) is 8.74. The van der Waals surface area contributed by atoms with Crippen LogP contribution in [0.25, 0.3) is 0 Å². The Morgan fingerprint density at radius 1 is 0.735 bits per heavy atom. The highest BCUT2D eigenvalue weighted by atomic mass is 16.7. The van der Waals surface area contributed by atoms with Gasteiger partial charge in [0.05, 0.1) is 13.2 Å². The second kappa shape index (κ2) is 10.5. The first-order valence-corrected chi connectivity index (χ1v) is 11.2. The number of rotatable bonds is 6. The van der Waals surface area contributed by atoms with Crippen molar-refractivity contribution in [2.45, 2.75) is 87.1 Å². The summed E-state index contributed by atoms with van der Waals surface area (Å²) in [4.78, 5) is 4.29. The van der Waals surface area contributed by atoms with Gasteiger partial charge in [-0.1, -0.05) is 0 Å². The van der Waals surface area contributed by atoms with Gasteiger partial charge in [-0.15, -0.1) is 0 Å². The van der Waals surface area contributed by atoms with Gasteiger partial charge in [-0.2, -0.15) is 4.98 Å². The third-order valence-electron chi connectivity index (χ3n) is 6.44. The number of aliphatic hydroxyl groups excluding tert-OH is 8. The van der Waals surface area contributed by atoms with E-state index in [1.807, 2.05) is 0 Å². The first kappa shape index (κ1) is 25.4.